The van der Waals surface area contributed by atoms with Crippen LogP contribution >= 0.6 is 0 Å². The molecule has 0 spiro atoms. The number of aromatic nitrogens is 2. The van der Waals surface area contributed by atoms with Gasteiger partial charge >= 0.3 is 0 Å². The van der Waals surface area contributed by atoms with Crippen molar-refractivity contribution in [2.45, 2.75) is 39.3 Å². The molecule has 0 saturated carbocycles. The first-order chi connectivity index (χ1) is 9.17. The molecule has 0 aromatic carbocycles. The third-order valence-electron chi connectivity index (χ3n) is 3.49. The molecule has 106 valence electrons. The molecule has 6 heteroatoms. The summed E-state index contributed by atoms with van der Waals surface area (Å²) in [6.45, 7) is 6.62. The van der Waals surface area contributed by atoms with Crippen molar-refractivity contribution >= 4 is 11.6 Å². The number of hydrogen-bond acceptors (Lipinski definition) is 4. The highest BCUT2D eigenvalue weighted by Crippen LogP contribution is 2.17. The number of rotatable bonds is 5. The van der Waals surface area contributed by atoms with Gasteiger partial charge in [0.1, 0.15) is 5.69 Å². The summed E-state index contributed by atoms with van der Waals surface area (Å²) >= 11 is 0. The molecule has 1 atom stereocenters. The van der Waals surface area contributed by atoms with Gasteiger partial charge in [-0.05, 0) is 26.7 Å². The van der Waals surface area contributed by atoms with Crippen LogP contribution in [0.2, 0.25) is 0 Å². The highest BCUT2D eigenvalue weighted by atomic mass is 16.5. The Kier molecular flexibility index (Phi) is 4.42. The normalized spacial score (nSPS) is 18.7. The molecule has 0 aliphatic carbocycles. The van der Waals surface area contributed by atoms with E-state index in [2.05, 4.69) is 5.10 Å². The van der Waals surface area contributed by atoms with E-state index < -0.39 is 0 Å². The molecular formula is C13H22N4O2. The summed E-state index contributed by atoms with van der Waals surface area (Å²) in [5, 5.41) is 4.12. The zero-order valence-electron chi connectivity index (χ0n) is 11.6. The Labute approximate surface area is 113 Å². The highest BCUT2D eigenvalue weighted by Gasteiger charge is 2.25. The topological polar surface area (TPSA) is 73.4 Å². The predicted molar refractivity (Wildman–Crippen MR) is 72.9 cm³/mol. The maximum absolute atomic E-state index is 12.6. The van der Waals surface area contributed by atoms with Crippen molar-refractivity contribution < 1.29 is 9.53 Å². The minimum Gasteiger partial charge on any atom is -0.396 e. The van der Waals surface area contributed by atoms with Gasteiger partial charge in [-0.25, -0.2) is 0 Å². The van der Waals surface area contributed by atoms with Crippen LogP contribution in [0.4, 0.5) is 5.69 Å². The lowest BCUT2D eigenvalue weighted by atomic mass is 10.2. The summed E-state index contributed by atoms with van der Waals surface area (Å²) in [6, 6.07) is 0. The van der Waals surface area contributed by atoms with Gasteiger partial charge in [-0.2, -0.15) is 5.10 Å². The van der Waals surface area contributed by atoms with Crippen LogP contribution in [0.3, 0.4) is 0 Å². The summed E-state index contributed by atoms with van der Waals surface area (Å²) in [5.41, 5.74) is 6.79. The molecular weight excluding hydrogens is 244 g/mol. The number of amides is 1. The van der Waals surface area contributed by atoms with E-state index in [4.69, 9.17) is 10.5 Å². The number of likely N-dealkylation sites (N-methyl/N-ethyl adjacent to an activating group) is 1. The van der Waals surface area contributed by atoms with Crippen LogP contribution in [0.5, 0.6) is 0 Å². The first kappa shape index (κ1) is 13.9. The quantitative estimate of drug-likeness (QED) is 0.867. The van der Waals surface area contributed by atoms with E-state index in [0.717, 1.165) is 19.4 Å². The maximum Gasteiger partial charge on any atom is 0.274 e. The molecule has 2 rings (SSSR count). The molecule has 1 aliphatic rings. The van der Waals surface area contributed by atoms with E-state index in [1.165, 1.54) is 6.20 Å². The Morgan fingerprint density at radius 1 is 1.63 bits per heavy atom. The number of hydrogen-bond donors (Lipinski definition) is 1. The van der Waals surface area contributed by atoms with Gasteiger partial charge in [0.15, 0.2) is 0 Å². The van der Waals surface area contributed by atoms with Crippen molar-refractivity contribution in [3.8, 4) is 0 Å². The van der Waals surface area contributed by atoms with Gasteiger partial charge < -0.3 is 15.4 Å². The fraction of sp³-hybridized carbons (Fsp3) is 0.692. The molecule has 1 aromatic rings. The van der Waals surface area contributed by atoms with Crippen molar-refractivity contribution in [1.29, 1.82) is 0 Å². The van der Waals surface area contributed by atoms with Crippen LogP contribution in [-0.2, 0) is 11.3 Å². The van der Waals surface area contributed by atoms with E-state index >= 15 is 0 Å². The van der Waals surface area contributed by atoms with Crippen LogP contribution in [-0.4, -0.2) is 46.4 Å². The Bertz CT molecular complexity index is 438. The Balaban J connectivity index is 2.12. The lowest BCUT2D eigenvalue weighted by molar-refractivity contribution is 0.0531. The van der Waals surface area contributed by atoms with E-state index in [0.29, 0.717) is 31.0 Å². The Morgan fingerprint density at radius 3 is 3.00 bits per heavy atom. The molecule has 6 nitrogen and oxygen atoms in total. The first-order valence-corrected chi connectivity index (χ1v) is 6.89. The maximum atomic E-state index is 12.6. The van der Waals surface area contributed by atoms with E-state index in [1.807, 2.05) is 13.8 Å². The molecule has 2 heterocycles. The second kappa shape index (κ2) is 6.06. The lowest BCUT2D eigenvalue weighted by Crippen LogP contribution is -2.38. The van der Waals surface area contributed by atoms with Crippen LogP contribution in [0.15, 0.2) is 6.20 Å². The zero-order chi connectivity index (χ0) is 13.8. The molecule has 1 aliphatic heterocycles. The fourth-order valence-electron chi connectivity index (χ4n) is 2.41. The number of nitrogens with zero attached hydrogens (tertiary/aromatic N) is 3. The van der Waals surface area contributed by atoms with Crippen molar-refractivity contribution in [2.75, 3.05) is 25.4 Å². The number of nitrogens with two attached hydrogens (primary N) is 1. The van der Waals surface area contributed by atoms with Crippen LogP contribution in [0, 0.1) is 0 Å². The van der Waals surface area contributed by atoms with Gasteiger partial charge in [-0.15, -0.1) is 0 Å². The SMILES string of the molecule is CCN(CC1CCCO1)C(=O)c1c(N)cnn1CC. The van der Waals surface area contributed by atoms with Crippen molar-refractivity contribution in [2.24, 2.45) is 0 Å². The summed E-state index contributed by atoms with van der Waals surface area (Å²) in [4.78, 5) is 14.3. The van der Waals surface area contributed by atoms with Crippen LogP contribution < -0.4 is 5.73 Å². The predicted octanol–water partition coefficient (Wildman–Crippen LogP) is 1.13. The standard InChI is InChI=1S/C13H22N4O2/c1-3-16(9-10-6-5-7-19-10)13(18)12-11(14)8-15-17(12)4-2/h8,10H,3-7,9,14H2,1-2H3. The molecule has 2 N–H and O–H groups in total. The summed E-state index contributed by atoms with van der Waals surface area (Å²) in [6.07, 6.45) is 3.79. The van der Waals surface area contributed by atoms with Gasteiger partial charge in [0, 0.05) is 26.2 Å². The number of nitrogen functional groups attached to an aromatic ring is 1. The monoisotopic (exact) mass is 266 g/mol. The molecule has 0 bridgehead atoms. The Hall–Kier alpha value is -1.56. The zero-order valence-corrected chi connectivity index (χ0v) is 11.6. The smallest absolute Gasteiger partial charge is 0.274 e. The fourth-order valence-corrected chi connectivity index (χ4v) is 2.41. The highest BCUT2D eigenvalue weighted by molar-refractivity contribution is 5.97. The first-order valence-electron chi connectivity index (χ1n) is 6.89. The summed E-state index contributed by atoms with van der Waals surface area (Å²) < 4.78 is 7.24. The van der Waals surface area contributed by atoms with Crippen LogP contribution in [0.1, 0.15) is 37.2 Å². The molecule has 19 heavy (non-hydrogen) atoms. The number of carbonyl (C=O) groups excluding carboxylic acids is 1. The minimum absolute atomic E-state index is 0.0603. The van der Waals surface area contributed by atoms with Crippen molar-refractivity contribution in [3.63, 3.8) is 0 Å². The third-order valence-corrected chi connectivity index (χ3v) is 3.49. The average Bonchev–Trinajstić information content (AvgIpc) is 3.04. The number of aryl methyl sites for hydroxylation is 1. The number of anilines is 1. The third kappa shape index (κ3) is 2.89. The molecule has 1 fully saturated rings. The number of carbonyl (C=O) groups is 1. The van der Waals surface area contributed by atoms with Gasteiger partial charge in [-0.3, -0.25) is 9.48 Å². The molecule has 0 radical (unpaired) electrons. The second-order valence-corrected chi connectivity index (χ2v) is 4.74. The van der Waals surface area contributed by atoms with Gasteiger partial charge in [0.05, 0.1) is 18.0 Å². The molecule has 1 amide bonds. The van der Waals surface area contributed by atoms with Gasteiger partial charge in [0.25, 0.3) is 5.91 Å². The van der Waals surface area contributed by atoms with Crippen LogP contribution in [0.25, 0.3) is 0 Å². The van der Waals surface area contributed by atoms with E-state index in [9.17, 15) is 4.79 Å². The van der Waals surface area contributed by atoms with Gasteiger partial charge in [-0.1, -0.05) is 0 Å². The van der Waals surface area contributed by atoms with Crippen molar-refractivity contribution in [3.05, 3.63) is 11.9 Å². The second-order valence-electron chi connectivity index (χ2n) is 4.74. The minimum atomic E-state index is -0.0603. The summed E-state index contributed by atoms with van der Waals surface area (Å²) in [5.74, 6) is -0.0603. The Morgan fingerprint density at radius 2 is 2.42 bits per heavy atom. The molecule has 1 saturated heterocycles. The molecule has 1 unspecified atom stereocenters. The molecule has 1 aromatic heterocycles. The average molecular weight is 266 g/mol. The largest absolute Gasteiger partial charge is 0.396 e. The van der Waals surface area contributed by atoms with E-state index in [1.54, 1.807) is 9.58 Å². The lowest BCUT2D eigenvalue weighted by Gasteiger charge is -2.24. The van der Waals surface area contributed by atoms with Gasteiger partial charge in [0.2, 0.25) is 0 Å². The summed E-state index contributed by atoms with van der Waals surface area (Å²) in [7, 11) is 0. The van der Waals surface area contributed by atoms with Crippen molar-refractivity contribution in [1.82, 2.24) is 14.7 Å². The number of ether oxygens (including phenoxy) is 1. The van der Waals surface area contributed by atoms with E-state index in [-0.39, 0.29) is 12.0 Å².